The first-order valence-electron chi connectivity index (χ1n) is 6.15. The molecule has 6 nitrogen and oxygen atoms in total. The molecule has 1 heterocycles. The van der Waals surface area contributed by atoms with Crippen molar-refractivity contribution in [1.29, 1.82) is 0 Å². The van der Waals surface area contributed by atoms with Crippen LogP contribution in [-0.2, 0) is 22.0 Å². The second-order valence-electron chi connectivity index (χ2n) is 5.37. The SMILES string of the molecule is COC(=O)CCNC(=O)c1cc(C(C)(C)C)nn1C. The van der Waals surface area contributed by atoms with Gasteiger partial charge in [0.1, 0.15) is 5.69 Å². The van der Waals surface area contributed by atoms with Crippen molar-refractivity contribution < 1.29 is 14.3 Å². The molecular formula is C13H21N3O3. The van der Waals surface area contributed by atoms with Crippen LogP contribution in [0.3, 0.4) is 0 Å². The van der Waals surface area contributed by atoms with Gasteiger partial charge in [0.15, 0.2) is 0 Å². The third-order valence-corrected chi connectivity index (χ3v) is 2.72. The fourth-order valence-corrected chi connectivity index (χ4v) is 1.52. The number of nitrogens with one attached hydrogen (secondary N) is 1. The fourth-order valence-electron chi connectivity index (χ4n) is 1.52. The minimum Gasteiger partial charge on any atom is -0.469 e. The lowest BCUT2D eigenvalue weighted by Crippen LogP contribution is -2.28. The summed E-state index contributed by atoms with van der Waals surface area (Å²) < 4.78 is 6.05. The number of amides is 1. The molecule has 6 heteroatoms. The number of nitrogens with zero attached hydrogens (tertiary/aromatic N) is 2. The van der Waals surface area contributed by atoms with Crippen LogP contribution in [0.5, 0.6) is 0 Å². The molecular weight excluding hydrogens is 246 g/mol. The van der Waals surface area contributed by atoms with E-state index in [4.69, 9.17) is 0 Å². The molecule has 1 amide bonds. The highest BCUT2D eigenvalue weighted by molar-refractivity contribution is 5.92. The van der Waals surface area contributed by atoms with Crippen LogP contribution in [0.4, 0.5) is 0 Å². The van der Waals surface area contributed by atoms with Crippen molar-refractivity contribution in [3.8, 4) is 0 Å². The van der Waals surface area contributed by atoms with E-state index in [0.717, 1.165) is 5.69 Å². The third kappa shape index (κ3) is 4.08. The van der Waals surface area contributed by atoms with Gasteiger partial charge in [-0.1, -0.05) is 20.8 Å². The molecule has 0 unspecified atom stereocenters. The van der Waals surface area contributed by atoms with E-state index in [1.54, 1.807) is 17.8 Å². The Kier molecular flexibility index (Phi) is 4.69. The molecule has 0 aliphatic rings. The summed E-state index contributed by atoms with van der Waals surface area (Å²) in [7, 11) is 3.05. The maximum absolute atomic E-state index is 12.0. The number of carbonyl (C=O) groups is 2. The Morgan fingerprint density at radius 1 is 1.42 bits per heavy atom. The van der Waals surface area contributed by atoms with Gasteiger partial charge < -0.3 is 10.1 Å². The molecule has 19 heavy (non-hydrogen) atoms. The lowest BCUT2D eigenvalue weighted by Gasteiger charge is -2.13. The van der Waals surface area contributed by atoms with Crippen molar-refractivity contribution in [3.63, 3.8) is 0 Å². The number of aromatic nitrogens is 2. The van der Waals surface area contributed by atoms with E-state index >= 15 is 0 Å². The molecule has 0 saturated carbocycles. The number of rotatable bonds is 4. The van der Waals surface area contributed by atoms with Gasteiger partial charge in [0.05, 0.1) is 19.2 Å². The van der Waals surface area contributed by atoms with E-state index < -0.39 is 0 Å². The largest absolute Gasteiger partial charge is 0.469 e. The molecule has 1 aromatic rings. The minimum atomic E-state index is -0.347. The molecule has 0 aliphatic heterocycles. The van der Waals surface area contributed by atoms with Gasteiger partial charge in [-0.15, -0.1) is 0 Å². The summed E-state index contributed by atoms with van der Waals surface area (Å²) in [6.07, 6.45) is 0.159. The molecule has 106 valence electrons. The Bertz CT molecular complexity index is 472. The lowest BCUT2D eigenvalue weighted by molar-refractivity contribution is -0.140. The predicted molar refractivity (Wildman–Crippen MR) is 70.9 cm³/mol. The van der Waals surface area contributed by atoms with Crippen molar-refractivity contribution in [2.75, 3.05) is 13.7 Å². The highest BCUT2D eigenvalue weighted by Crippen LogP contribution is 2.21. The van der Waals surface area contributed by atoms with Gasteiger partial charge >= 0.3 is 5.97 Å². The van der Waals surface area contributed by atoms with E-state index in [1.807, 2.05) is 20.8 Å². The first-order chi connectivity index (χ1) is 8.75. The zero-order valence-electron chi connectivity index (χ0n) is 12.1. The molecule has 0 atom stereocenters. The van der Waals surface area contributed by atoms with Gasteiger partial charge in [0.25, 0.3) is 5.91 Å². The first kappa shape index (κ1) is 15.2. The summed E-state index contributed by atoms with van der Waals surface area (Å²) in [6.45, 7) is 6.36. The second-order valence-corrected chi connectivity index (χ2v) is 5.37. The van der Waals surface area contributed by atoms with Crippen molar-refractivity contribution in [3.05, 3.63) is 17.5 Å². The first-order valence-corrected chi connectivity index (χ1v) is 6.15. The number of esters is 1. The Morgan fingerprint density at radius 2 is 2.05 bits per heavy atom. The summed E-state index contributed by atoms with van der Waals surface area (Å²) in [5.41, 5.74) is 1.23. The summed E-state index contributed by atoms with van der Waals surface area (Å²) in [5.74, 6) is -0.588. The molecule has 0 radical (unpaired) electrons. The monoisotopic (exact) mass is 267 g/mol. The molecule has 0 fully saturated rings. The van der Waals surface area contributed by atoms with Crippen LogP contribution in [0.1, 0.15) is 43.4 Å². The van der Waals surface area contributed by atoms with E-state index in [9.17, 15) is 9.59 Å². The van der Waals surface area contributed by atoms with E-state index in [0.29, 0.717) is 5.69 Å². The van der Waals surface area contributed by atoms with Crippen molar-refractivity contribution in [1.82, 2.24) is 15.1 Å². The van der Waals surface area contributed by atoms with Crippen molar-refractivity contribution >= 4 is 11.9 Å². The highest BCUT2D eigenvalue weighted by atomic mass is 16.5. The van der Waals surface area contributed by atoms with Crippen LogP contribution in [0.25, 0.3) is 0 Å². The summed E-state index contributed by atoms with van der Waals surface area (Å²) in [6, 6.07) is 1.77. The van der Waals surface area contributed by atoms with Gasteiger partial charge in [0.2, 0.25) is 0 Å². The fraction of sp³-hybridized carbons (Fsp3) is 0.615. The number of hydrogen-bond acceptors (Lipinski definition) is 4. The van der Waals surface area contributed by atoms with Crippen LogP contribution in [0.2, 0.25) is 0 Å². The molecule has 0 bridgehead atoms. The number of ether oxygens (including phenoxy) is 1. The van der Waals surface area contributed by atoms with Gasteiger partial charge in [-0.25, -0.2) is 0 Å². The Balaban J connectivity index is 2.67. The zero-order valence-corrected chi connectivity index (χ0v) is 12.1. The maximum atomic E-state index is 12.0. The van der Waals surface area contributed by atoms with Crippen LogP contribution >= 0.6 is 0 Å². The van der Waals surface area contributed by atoms with E-state index in [2.05, 4.69) is 15.2 Å². The summed E-state index contributed by atoms with van der Waals surface area (Å²) in [4.78, 5) is 22.9. The average molecular weight is 267 g/mol. The molecule has 0 saturated heterocycles. The zero-order chi connectivity index (χ0) is 14.6. The maximum Gasteiger partial charge on any atom is 0.307 e. The molecule has 1 N–H and O–H groups in total. The van der Waals surface area contributed by atoms with Gasteiger partial charge in [0, 0.05) is 19.0 Å². The van der Waals surface area contributed by atoms with Crippen LogP contribution in [0.15, 0.2) is 6.07 Å². The molecule has 0 spiro atoms. The van der Waals surface area contributed by atoms with Crippen molar-refractivity contribution in [2.24, 2.45) is 7.05 Å². The number of carbonyl (C=O) groups excluding carboxylic acids is 2. The summed E-state index contributed by atoms with van der Waals surface area (Å²) in [5, 5.41) is 7.00. The van der Waals surface area contributed by atoms with Crippen molar-refractivity contribution in [2.45, 2.75) is 32.6 Å². The van der Waals surface area contributed by atoms with Gasteiger partial charge in [-0.05, 0) is 6.07 Å². The van der Waals surface area contributed by atoms with Crippen LogP contribution < -0.4 is 5.32 Å². The predicted octanol–water partition coefficient (Wildman–Crippen LogP) is 1.01. The van der Waals surface area contributed by atoms with Crippen LogP contribution in [0, 0.1) is 0 Å². The Hall–Kier alpha value is -1.85. The summed E-state index contributed by atoms with van der Waals surface area (Å²) >= 11 is 0. The quantitative estimate of drug-likeness (QED) is 0.826. The van der Waals surface area contributed by atoms with E-state index in [1.165, 1.54) is 7.11 Å². The Labute approximate surface area is 113 Å². The van der Waals surface area contributed by atoms with Gasteiger partial charge in [-0.3, -0.25) is 14.3 Å². The molecule has 0 aromatic carbocycles. The minimum absolute atomic E-state index is 0.109. The number of hydrogen-bond donors (Lipinski definition) is 1. The number of aryl methyl sites for hydroxylation is 1. The topological polar surface area (TPSA) is 73.2 Å². The average Bonchev–Trinajstić information content (AvgIpc) is 2.70. The molecule has 1 aromatic heterocycles. The van der Waals surface area contributed by atoms with E-state index in [-0.39, 0.29) is 30.3 Å². The standard InChI is InChI=1S/C13H21N3O3/c1-13(2,3)10-8-9(16(4)15-10)12(18)14-7-6-11(17)19-5/h8H,6-7H2,1-5H3,(H,14,18). The number of methoxy groups -OCH3 is 1. The molecule has 0 aliphatic carbocycles. The normalized spacial score (nSPS) is 11.2. The second kappa shape index (κ2) is 5.86. The Morgan fingerprint density at radius 3 is 2.53 bits per heavy atom. The van der Waals surface area contributed by atoms with Crippen LogP contribution in [-0.4, -0.2) is 35.3 Å². The third-order valence-electron chi connectivity index (χ3n) is 2.72. The highest BCUT2D eigenvalue weighted by Gasteiger charge is 2.21. The lowest BCUT2D eigenvalue weighted by atomic mass is 9.92. The molecule has 1 rings (SSSR count). The smallest absolute Gasteiger partial charge is 0.307 e. The van der Waals surface area contributed by atoms with Gasteiger partial charge in [-0.2, -0.15) is 5.10 Å².